The van der Waals surface area contributed by atoms with Crippen LogP contribution in [0, 0.1) is 0 Å². The number of amides is 1. The van der Waals surface area contributed by atoms with Gasteiger partial charge in [-0.3, -0.25) is 4.79 Å². The third kappa shape index (κ3) is 2.02. The molecule has 3 nitrogen and oxygen atoms in total. The quantitative estimate of drug-likeness (QED) is 0.789. The predicted molar refractivity (Wildman–Crippen MR) is 60.8 cm³/mol. The highest BCUT2D eigenvalue weighted by atomic mass is 16.2. The first kappa shape index (κ1) is 10.2. The molecule has 1 atom stereocenters. The molecule has 1 aliphatic heterocycles. The van der Waals surface area contributed by atoms with Crippen molar-refractivity contribution >= 4 is 11.6 Å². The fourth-order valence-corrected chi connectivity index (χ4v) is 1.98. The summed E-state index contributed by atoms with van der Waals surface area (Å²) in [4.78, 5) is 13.6. The van der Waals surface area contributed by atoms with E-state index < -0.39 is 0 Å². The van der Waals surface area contributed by atoms with Gasteiger partial charge in [-0.05, 0) is 25.0 Å². The highest BCUT2D eigenvalue weighted by Crippen LogP contribution is 2.27. The summed E-state index contributed by atoms with van der Waals surface area (Å²) in [5, 5.41) is 0. The van der Waals surface area contributed by atoms with Crippen LogP contribution in [0.4, 0.5) is 5.69 Å². The monoisotopic (exact) mass is 204 g/mol. The van der Waals surface area contributed by atoms with E-state index >= 15 is 0 Å². The molecule has 0 aliphatic carbocycles. The Kier molecular flexibility index (Phi) is 2.73. The summed E-state index contributed by atoms with van der Waals surface area (Å²) in [5.41, 5.74) is 8.03. The zero-order valence-corrected chi connectivity index (χ0v) is 8.94. The van der Waals surface area contributed by atoms with Gasteiger partial charge in [-0.1, -0.05) is 18.2 Å². The molecule has 3 heteroatoms. The molecular formula is C12H16N2O. The Morgan fingerprint density at radius 2 is 2.13 bits per heavy atom. The summed E-state index contributed by atoms with van der Waals surface area (Å²) in [7, 11) is 0. The van der Waals surface area contributed by atoms with Gasteiger partial charge in [-0.25, -0.2) is 0 Å². The van der Waals surface area contributed by atoms with Crippen LogP contribution in [0.2, 0.25) is 0 Å². The van der Waals surface area contributed by atoms with E-state index in [4.69, 9.17) is 5.73 Å². The van der Waals surface area contributed by atoms with E-state index in [1.165, 1.54) is 5.56 Å². The Bertz CT molecular complexity index is 374. The van der Waals surface area contributed by atoms with Crippen molar-refractivity contribution in [1.82, 2.24) is 0 Å². The molecule has 1 unspecified atom stereocenters. The number of aryl methyl sites for hydroxylation is 1. The van der Waals surface area contributed by atoms with Crippen LogP contribution >= 0.6 is 0 Å². The van der Waals surface area contributed by atoms with Crippen molar-refractivity contribution in [2.75, 3.05) is 11.4 Å². The minimum absolute atomic E-state index is 0.0140. The molecule has 1 aromatic rings. The first-order valence-corrected chi connectivity index (χ1v) is 5.32. The molecule has 0 radical (unpaired) electrons. The van der Waals surface area contributed by atoms with Crippen LogP contribution in [-0.2, 0) is 11.2 Å². The second kappa shape index (κ2) is 4.03. The van der Waals surface area contributed by atoms with Crippen LogP contribution in [0.5, 0.6) is 0 Å². The lowest BCUT2D eigenvalue weighted by atomic mass is 10.0. The fourth-order valence-electron chi connectivity index (χ4n) is 1.98. The number of carbonyl (C=O) groups is 1. The van der Waals surface area contributed by atoms with E-state index in [1.54, 1.807) is 0 Å². The van der Waals surface area contributed by atoms with E-state index in [-0.39, 0.29) is 11.9 Å². The fraction of sp³-hybridized carbons (Fsp3) is 0.417. The number of anilines is 1. The normalized spacial score (nSPS) is 17.5. The molecule has 1 heterocycles. The van der Waals surface area contributed by atoms with E-state index in [2.05, 4.69) is 6.07 Å². The summed E-state index contributed by atoms with van der Waals surface area (Å²) < 4.78 is 0. The molecule has 15 heavy (non-hydrogen) atoms. The molecule has 2 rings (SSSR count). The van der Waals surface area contributed by atoms with Gasteiger partial charge in [0.1, 0.15) is 0 Å². The Morgan fingerprint density at radius 1 is 1.40 bits per heavy atom. The number of nitrogens with two attached hydrogens (primary N) is 1. The first-order valence-electron chi connectivity index (χ1n) is 5.32. The third-order valence-electron chi connectivity index (χ3n) is 2.66. The number of hydrogen-bond donors (Lipinski definition) is 1. The molecular weight excluding hydrogens is 188 g/mol. The molecule has 0 saturated heterocycles. The van der Waals surface area contributed by atoms with Gasteiger partial charge < -0.3 is 10.6 Å². The van der Waals surface area contributed by atoms with Gasteiger partial charge in [0.25, 0.3) is 0 Å². The molecule has 0 fully saturated rings. The van der Waals surface area contributed by atoms with Gasteiger partial charge in [-0.2, -0.15) is 0 Å². The van der Waals surface area contributed by atoms with Crippen LogP contribution in [0.3, 0.4) is 0 Å². The van der Waals surface area contributed by atoms with Gasteiger partial charge >= 0.3 is 0 Å². The van der Waals surface area contributed by atoms with Crippen molar-refractivity contribution in [2.24, 2.45) is 5.73 Å². The molecule has 0 bridgehead atoms. The Balaban J connectivity index is 2.33. The number of para-hydroxylation sites is 1. The van der Waals surface area contributed by atoms with Crippen LogP contribution < -0.4 is 10.6 Å². The van der Waals surface area contributed by atoms with E-state index in [0.29, 0.717) is 13.0 Å². The number of fused-ring (bicyclic) bond motifs is 1. The standard InChI is InChI=1S/C12H16N2O/c1-9(13)8-14-11-5-3-2-4-10(11)6-7-12(14)15/h2-5,9H,6-8,13H2,1H3. The van der Waals surface area contributed by atoms with Crippen molar-refractivity contribution < 1.29 is 4.79 Å². The van der Waals surface area contributed by atoms with Gasteiger partial charge in [0, 0.05) is 24.7 Å². The number of nitrogens with zero attached hydrogens (tertiary/aromatic N) is 1. The summed E-state index contributed by atoms with van der Waals surface area (Å²) in [6.07, 6.45) is 1.45. The van der Waals surface area contributed by atoms with E-state index in [9.17, 15) is 4.79 Å². The Hall–Kier alpha value is -1.35. The minimum atomic E-state index is 0.0140. The van der Waals surface area contributed by atoms with E-state index in [1.807, 2.05) is 30.0 Å². The van der Waals surface area contributed by atoms with Crippen LogP contribution in [0.25, 0.3) is 0 Å². The van der Waals surface area contributed by atoms with Crippen LogP contribution in [0.1, 0.15) is 18.9 Å². The lowest BCUT2D eigenvalue weighted by molar-refractivity contribution is -0.118. The van der Waals surface area contributed by atoms with Crippen LogP contribution in [-0.4, -0.2) is 18.5 Å². The van der Waals surface area contributed by atoms with Gasteiger partial charge in [0.05, 0.1) is 0 Å². The molecule has 80 valence electrons. The lowest BCUT2D eigenvalue weighted by Crippen LogP contribution is -2.42. The number of rotatable bonds is 2. The van der Waals surface area contributed by atoms with Crippen molar-refractivity contribution in [3.63, 3.8) is 0 Å². The zero-order valence-electron chi connectivity index (χ0n) is 8.94. The number of benzene rings is 1. The molecule has 0 aromatic heterocycles. The van der Waals surface area contributed by atoms with Gasteiger partial charge in [0.2, 0.25) is 5.91 Å². The maximum atomic E-state index is 11.8. The minimum Gasteiger partial charge on any atom is -0.326 e. The topological polar surface area (TPSA) is 46.3 Å². The molecule has 1 aliphatic rings. The summed E-state index contributed by atoms with van der Waals surface area (Å²) >= 11 is 0. The van der Waals surface area contributed by atoms with Gasteiger partial charge in [0.15, 0.2) is 0 Å². The highest BCUT2D eigenvalue weighted by Gasteiger charge is 2.23. The third-order valence-corrected chi connectivity index (χ3v) is 2.66. The highest BCUT2D eigenvalue weighted by molar-refractivity contribution is 5.96. The maximum absolute atomic E-state index is 11.8. The van der Waals surface area contributed by atoms with Crippen LogP contribution in [0.15, 0.2) is 24.3 Å². The Morgan fingerprint density at radius 3 is 2.87 bits per heavy atom. The Labute approximate surface area is 89.9 Å². The second-order valence-corrected chi connectivity index (χ2v) is 4.11. The second-order valence-electron chi connectivity index (χ2n) is 4.11. The van der Waals surface area contributed by atoms with E-state index in [0.717, 1.165) is 12.1 Å². The average molecular weight is 204 g/mol. The van der Waals surface area contributed by atoms with Crippen molar-refractivity contribution in [1.29, 1.82) is 0 Å². The van der Waals surface area contributed by atoms with Gasteiger partial charge in [-0.15, -0.1) is 0 Å². The summed E-state index contributed by atoms with van der Waals surface area (Å²) in [6.45, 7) is 2.53. The largest absolute Gasteiger partial charge is 0.326 e. The molecule has 1 aromatic carbocycles. The average Bonchev–Trinajstić information content (AvgIpc) is 2.22. The van der Waals surface area contributed by atoms with Crippen molar-refractivity contribution in [3.05, 3.63) is 29.8 Å². The SMILES string of the molecule is CC(N)CN1C(=O)CCc2ccccc21. The molecule has 0 spiro atoms. The number of carbonyl (C=O) groups excluding carboxylic acids is 1. The van der Waals surface area contributed by atoms with Crippen molar-refractivity contribution in [3.8, 4) is 0 Å². The lowest BCUT2D eigenvalue weighted by Gasteiger charge is -2.30. The smallest absolute Gasteiger partial charge is 0.227 e. The molecule has 1 amide bonds. The molecule has 2 N–H and O–H groups in total. The first-order chi connectivity index (χ1) is 7.18. The summed E-state index contributed by atoms with van der Waals surface area (Å²) in [6, 6.07) is 8.06. The predicted octanol–water partition coefficient (Wildman–Crippen LogP) is 1.31. The zero-order chi connectivity index (χ0) is 10.8. The number of hydrogen-bond acceptors (Lipinski definition) is 2. The van der Waals surface area contributed by atoms with Crippen molar-refractivity contribution in [2.45, 2.75) is 25.8 Å². The molecule has 0 saturated carbocycles. The maximum Gasteiger partial charge on any atom is 0.227 e. The summed E-state index contributed by atoms with van der Waals surface area (Å²) in [5.74, 6) is 0.186.